The molecule has 1 aromatic carbocycles. The Bertz CT molecular complexity index is 482. The van der Waals surface area contributed by atoms with Crippen molar-refractivity contribution in [3.63, 3.8) is 0 Å². The zero-order valence-electron chi connectivity index (χ0n) is 8.10. The summed E-state index contributed by atoms with van der Waals surface area (Å²) in [5.74, 6) is 0. The minimum absolute atomic E-state index is 0.905. The molecule has 2 heteroatoms. The summed E-state index contributed by atoms with van der Waals surface area (Å²) < 4.78 is 1.19. The highest BCUT2D eigenvalue weighted by molar-refractivity contribution is 9.10. The number of aromatic nitrogens is 1. The van der Waals surface area contributed by atoms with E-state index < -0.39 is 0 Å². The van der Waals surface area contributed by atoms with Crippen LogP contribution in [0, 0.1) is 6.92 Å². The molecule has 0 atom stereocenters. The Morgan fingerprint density at radius 2 is 2.29 bits per heavy atom. The minimum Gasteiger partial charge on any atom is -0.361 e. The van der Waals surface area contributed by atoms with Crippen molar-refractivity contribution in [3.05, 3.63) is 46.6 Å². The van der Waals surface area contributed by atoms with Crippen molar-refractivity contribution in [2.24, 2.45) is 0 Å². The molecular formula is C12H12BrN. The van der Waals surface area contributed by atoms with Crippen molar-refractivity contribution < 1.29 is 0 Å². The highest BCUT2D eigenvalue weighted by Gasteiger charge is 2.07. The van der Waals surface area contributed by atoms with Crippen molar-refractivity contribution >= 4 is 26.8 Å². The summed E-state index contributed by atoms with van der Waals surface area (Å²) in [6.45, 7) is 5.87. The van der Waals surface area contributed by atoms with Gasteiger partial charge in [0, 0.05) is 21.6 Å². The molecule has 0 aliphatic carbocycles. The number of halogens is 1. The Morgan fingerprint density at radius 3 is 3.00 bits per heavy atom. The van der Waals surface area contributed by atoms with Gasteiger partial charge in [-0.15, -0.1) is 6.58 Å². The van der Waals surface area contributed by atoms with Crippen molar-refractivity contribution in [2.45, 2.75) is 13.3 Å². The molecule has 2 rings (SSSR count). The van der Waals surface area contributed by atoms with Crippen LogP contribution in [0.25, 0.3) is 10.9 Å². The molecule has 0 aliphatic heterocycles. The Labute approximate surface area is 92.0 Å². The lowest BCUT2D eigenvalue weighted by atomic mass is 10.1. The monoisotopic (exact) mass is 249 g/mol. The molecule has 1 heterocycles. The predicted octanol–water partition coefficient (Wildman–Crippen LogP) is 3.97. The summed E-state index contributed by atoms with van der Waals surface area (Å²) in [5, 5.41) is 1.28. The van der Waals surface area contributed by atoms with E-state index in [0.29, 0.717) is 0 Å². The van der Waals surface area contributed by atoms with Crippen molar-refractivity contribution in [3.8, 4) is 0 Å². The first kappa shape index (κ1) is 9.53. The Kier molecular flexibility index (Phi) is 2.46. The number of fused-ring (bicyclic) bond motifs is 1. The van der Waals surface area contributed by atoms with Gasteiger partial charge in [-0.2, -0.15) is 0 Å². The van der Waals surface area contributed by atoms with Crippen LogP contribution in [0.4, 0.5) is 0 Å². The van der Waals surface area contributed by atoms with Gasteiger partial charge in [0.05, 0.1) is 0 Å². The van der Waals surface area contributed by atoms with E-state index in [1.54, 1.807) is 0 Å². The van der Waals surface area contributed by atoms with E-state index in [1.165, 1.54) is 26.5 Å². The highest BCUT2D eigenvalue weighted by Crippen LogP contribution is 2.30. The predicted molar refractivity (Wildman–Crippen MR) is 64.6 cm³/mol. The Balaban J connectivity index is 2.75. The van der Waals surface area contributed by atoms with Gasteiger partial charge < -0.3 is 4.98 Å². The molecule has 0 saturated carbocycles. The van der Waals surface area contributed by atoms with E-state index in [0.717, 1.165) is 6.42 Å². The third-order valence-corrected chi connectivity index (χ3v) is 3.44. The molecule has 2 aromatic rings. The van der Waals surface area contributed by atoms with Gasteiger partial charge in [-0.25, -0.2) is 0 Å². The van der Waals surface area contributed by atoms with E-state index in [1.807, 2.05) is 6.08 Å². The molecule has 0 saturated heterocycles. The van der Waals surface area contributed by atoms with Crippen LogP contribution in [0.15, 0.2) is 35.5 Å². The number of rotatable bonds is 2. The molecule has 0 radical (unpaired) electrons. The third-order valence-electron chi connectivity index (χ3n) is 2.42. The lowest BCUT2D eigenvalue weighted by Gasteiger charge is -2.01. The van der Waals surface area contributed by atoms with Crippen LogP contribution in [0.3, 0.4) is 0 Å². The number of aryl methyl sites for hydroxylation is 1. The summed E-state index contributed by atoms with van der Waals surface area (Å²) in [5.41, 5.74) is 3.74. The SMILES string of the molecule is C=CCc1c[nH]c2ccc(C)c(Br)c12. The quantitative estimate of drug-likeness (QED) is 0.776. The fourth-order valence-corrected chi connectivity index (χ4v) is 2.27. The van der Waals surface area contributed by atoms with Gasteiger partial charge in [0.1, 0.15) is 0 Å². The maximum Gasteiger partial charge on any atom is 0.0468 e. The second-order valence-electron chi connectivity index (χ2n) is 3.43. The highest BCUT2D eigenvalue weighted by atomic mass is 79.9. The second-order valence-corrected chi connectivity index (χ2v) is 4.22. The fraction of sp³-hybridized carbons (Fsp3) is 0.167. The molecule has 1 nitrogen and oxygen atoms in total. The molecule has 0 amide bonds. The minimum atomic E-state index is 0.905. The van der Waals surface area contributed by atoms with Gasteiger partial charge >= 0.3 is 0 Å². The summed E-state index contributed by atoms with van der Waals surface area (Å²) >= 11 is 3.63. The van der Waals surface area contributed by atoms with Crippen LogP contribution in [0.1, 0.15) is 11.1 Å². The molecule has 0 unspecified atom stereocenters. The van der Waals surface area contributed by atoms with Gasteiger partial charge in [0.2, 0.25) is 0 Å². The molecular weight excluding hydrogens is 238 g/mol. The van der Waals surface area contributed by atoms with Crippen LogP contribution in [0.2, 0.25) is 0 Å². The normalized spacial score (nSPS) is 10.7. The number of benzene rings is 1. The molecule has 1 N–H and O–H groups in total. The molecule has 0 aliphatic rings. The van der Waals surface area contributed by atoms with Gasteiger partial charge in [-0.05, 0) is 46.5 Å². The second kappa shape index (κ2) is 3.62. The van der Waals surface area contributed by atoms with E-state index in [2.05, 4.69) is 52.7 Å². The van der Waals surface area contributed by atoms with Gasteiger partial charge in [0.25, 0.3) is 0 Å². The van der Waals surface area contributed by atoms with E-state index >= 15 is 0 Å². The van der Waals surface area contributed by atoms with Crippen LogP contribution < -0.4 is 0 Å². The topological polar surface area (TPSA) is 15.8 Å². The first-order valence-electron chi connectivity index (χ1n) is 4.60. The zero-order valence-corrected chi connectivity index (χ0v) is 9.69. The number of hydrogen-bond donors (Lipinski definition) is 1. The molecule has 1 aromatic heterocycles. The average molecular weight is 250 g/mol. The van der Waals surface area contributed by atoms with Crippen LogP contribution in [0.5, 0.6) is 0 Å². The molecule has 14 heavy (non-hydrogen) atoms. The number of allylic oxidation sites excluding steroid dienone is 1. The maximum atomic E-state index is 3.77. The Hall–Kier alpha value is -1.02. The fourth-order valence-electron chi connectivity index (χ4n) is 1.67. The van der Waals surface area contributed by atoms with Gasteiger partial charge in [-0.3, -0.25) is 0 Å². The lowest BCUT2D eigenvalue weighted by Crippen LogP contribution is -1.81. The van der Waals surface area contributed by atoms with Crippen molar-refractivity contribution in [1.82, 2.24) is 4.98 Å². The average Bonchev–Trinajstić information content (AvgIpc) is 2.57. The number of hydrogen-bond acceptors (Lipinski definition) is 0. The van der Waals surface area contributed by atoms with E-state index in [4.69, 9.17) is 0 Å². The van der Waals surface area contributed by atoms with Crippen LogP contribution in [-0.2, 0) is 6.42 Å². The summed E-state index contributed by atoms with van der Waals surface area (Å²) in [7, 11) is 0. The van der Waals surface area contributed by atoms with E-state index in [9.17, 15) is 0 Å². The van der Waals surface area contributed by atoms with Crippen LogP contribution >= 0.6 is 15.9 Å². The number of aromatic amines is 1. The largest absolute Gasteiger partial charge is 0.361 e. The summed E-state index contributed by atoms with van der Waals surface area (Å²) in [4.78, 5) is 3.26. The van der Waals surface area contributed by atoms with Gasteiger partial charge in [-0.1, -0.05) is 12.1 Å². The van der Waals surface area contributed by atoms with E-state index in [-0.39, 0.29) is 0 Å². The molecule has 72 valence electrons. The summed E-state index contributed by atoms with van der Waals surface area (Å²) in [6, 6.07) is 4.22. The number of nitrogens with one attached hydrogen (secondary N) is 1. The smallest absolute Gasteiger partial charge is 0.0468 e. The van der Waals surface area contributed by atoms with Crippen molar-refractivity contribution in [2.75, 3.05) is 0 Å². The standard InChI is InChI=1S/C12H12BrN/c1-3-4-9-7-14-10-6-5-8(2)12(13)11(9)10/h3,5-7,14H,1,4H2,2H3. The maximum absolute atomic E-state index is 3.77. The third kappa shape index (κ3) is 1.40. The van der Waals surface area contributed by atoms with Crippen molar-refractivity contribution in [1.29, 1.82) is 0 Å². The van der Waals surface area contributed by atoms with Crippen LogP contribution in [-0.4, -0.2) is 4.98 Å². The Morgan fingerprint density at radius 1 is 1.50 bits per heavy atom. The zero-order chi connectivity index (χ0) is 10.1. The number of H-pyrrole nitrogens is 1. The molecule has 0 bridgehead atoms. The van der Waals surface area contributed by atoms with Gasteiger partial charge in [0.15, 0.2) is 0 Å². The first-order valence-corrected chi connectivity index (χ1v) is 5.39. The first-order chi connectivity index (χ1) is 6.74. The summed E-state index contributed by atoms with van der Waals surface area (Å²) in [6.07, 6.45) is 4.88. The lowest BCUT2D eigenvalue weighted by molar-refractivity contribution is 1.29. The molecule has 0 spiro atoms. The molecule has 0 fully saturated rings.